The summed E-state index contributed by atoms with van der Waals surface area (Å²) in [7, 11) is 2.18. The number of aryl methyl sites for hydroxylation is 1. The molecule has 252 valence electrons. The number of nitrogens with zero attached hydrogens (tertiary/aromatic N) is 9. The van der Waals surface area contributed by atoms with Gasteiger partial charge in [0.25, 0.3) is 0 Å². The lowest BCUT2D eigenvalue weighted by Crippen LogP contribution is -2.35. The maximum Gasteiger partial charge on any atom is 0.246 e. The number of anilines is 3. The number of nitrogen functional groups attached to an aromatic ring is 2. The summed E-state index contributed by atoms with van der Waals surface area (Å²) in [6.07, 6.45) is 9.36. The molecule has 3 atom stereocenters. The lowest BCUT2D eigenvalue weighted by atomic mass is 9.63. The van der Waals surface area contributed by atoms with Crippen molar-refractivity contribution < 1.29 is 9.26 Å². The Hall–Kier alpha value is -4.74. The van der Waals surface area contributed by atoms with E-state index in [2.05, 4.69) is 34.8 Å². The first kappa shape index (κ1) is 30.3. The van der Waals surface area contributed by atoms with E-state index >= 15 is 0 Å². The van der Waals surface area contributed by atoms with Crippen molar-refractivity contribution in [2.75, 3.05) is 43.1 Å². The van der Waals surface area contributed by atoms with Crippen LogP contribution in [-0.2, 0) is 24.8 Å². The molecule has 13 nitrogen and oxygen atoms in total. The van der Waals surface area contributed by atoms with E-state index in [1.54, 1.807) is 17.5 Å². The minimum Gasteiger partial charge on any atom is -0.474 e. The van der Waals surface area contributed by atoms with Crippen LogP contribution in [0.15, 0.2) is 22.9 Å². The molecule has 4 N–H and O–H groups in total. The van der Waals surface area contributed by atoms with Crippen LogP contribution < -0.4 is 21.1 Å². The monoisotopic (exact) mass is 677 g/mol. The minimum absolute atomic E-state index is 0.0494. The molecule has 5 aromatic rings. The van der Waals surface area contributed by atoms with E-state index in [4.69, 9.17) is 41.0 Å². The number of thiophene rings is 1. The minimum atomic E-state index is -0.435. The predicted octanol–water partition coefficient (Wildman–Crippen LogP) is 4.99. The summed E-state index contributed by atoms with van der Waals surface area (Å²) in [5.74, 6) is 3.09. The van der Waals surface area contributed by atoms with E-state index < -0.39 is 5.41 Å². The third-order valence-corrected chi connectivity index (χ3v) is 12.4. The van der Waals surface area contributed by atoms with Gasteiger partial charge < -0.3 is 30.5 Å². The molecule has 1 fully saturated rings. The van der Waals surface area contributed by atoms with Crippen molar-refractivity contribution in [1.82, 2.24) is 34.8 Å². The van der Waals surface area contributed by atoms with Gasteiger partial charge in [-0.15, -0.1) is 16.4 Å². The molecule has 3 unspecified atom stereocenters. The highest BCUT2D eigenvalue weighted by molar-refractivity contribution is 7.16. The molecule has 5 aromatic heterocycles. The molecule has 0 bridgehead atoms. The number of rotatable bonds is 5. The number of likely N-dealkylation sites (N-methyl/N-ethyl adjacent to an activating group) is 1. The quantitative estimate of drug-likeness (QED) is 0.256. The van der Waals surface area contributed by atoms with Gasteiger partial charge in [0.1, 0.15) is 34.7 Å². The van der Waals surface area contributed by atoms with Crippen molar-refractivity contribution in [3.8, 4) is 23.5 Å². The third-order valence-electron chi connectivity index (χ3n) is 11.3. The summed E-state index contributed by atoms with van der Waals surface area (Å²) in [5.41, 5.74) is 17.2. The highest BCUT2D eigenvalue weighted by atomic mass is 32.1. The van der Waals surface area contributed by atoms with Crippen LogP contribution in [0, 0.1) is 11.3 Å². The number of nitrogens with two attached hydrogens (primary N) is 2. The van der Waals surface area contributed by atoms with Crippen molar-refractivity contribution in [3.63, 3.8) is 0 Å². The number of nitriles is 1. The Labute approximate surface area is 287 Å². The molecule has 0 amide bonds. The van der Waals surface area contributed by atoms with Crippen molar-refractivity contribution in [2.45, 2.75) is 82.3 Å². The molecule has 2 aliphatic heterocycles. The Morgan fingerprint density at radius 2 is 2.02 bits per heavy atom. The Kier molecular flexibility index (Phi) is 7.07. The van der Waals surface area contributed by atoms with Gasteiger partial charge in [0.2, 0.25) is 5.88 Å². The van der Waals surface area contributed by atoms with Gasteiger partial charge in [0.05, 0.1) is 23.6 Å². The topological polar surface area (TPSA) is 174 Å². The summed E-state index contributed by atoms with van der Waals surface area (Å²) < 4.78 is 14.7. The van der Waals surface area contributed by atoms with Gasteiger partial charge >= 0.3 is 0 Å². The van der Waals surface area contributed by atoms with E-state index in [0.29, 0.717) is 65.2 Å². The largest absolute Gasteiger partial charge is 0.474 e. The predicted molar refractivity (Wildman–Crippen MR) is 186 cm³/mol. The number of hydrogen-bond donors (Lipinski definition) is 2. The van der Waals surface area contributed by atoms with E-state index in [1.807, 2.05) is 16.8 Å². The smallest absolute Gasteiger partial charge is 0.246 e. The SMILES string of the molecule is CC(C1CCCN1C)n1nc2c3c(nc(-c4noc5c4CCCC54CCCc5sc(N)c(C#N)c54)nc31)N(Cc1cccnc1N)CCO2. The molecule has 2 aliphatic carbocycles. The summed E-state index contributed by atoms with van der Waals surface area (Å²) >= 11 is 1.55. The second-order valence-corrected chi connectivity index (χ2v) is 15.1. The maximum atomic E-state index is 10.2. The van der Waals surface area contributed by atoms with E-state index in [1.165, 1.54) is 4.88 Å². The zero-order valence-electron chi connectivity index (χ0n) is 27.8. The summed E-state index contributed by atoms with van der Waals surface area (Å²) in [5, 5.41) is 21.4. The fraction of sp³-hybridized carbons (Fsp3) is 0.486. The van der Waals surface area contributed by atoms with Gasteiger partial charge in [-0.2, -0.15) is 5.26 Å². The van der Waals surface area contributed by atoms with Crippen molar-refractivity contribution in [2.24, 2.45) is 0 Å². The first-order valence-electron chi connectivity index (χ1n) is 17.3. The second-order valence-electron chi connectivity index (χ2n) is 13.9. The van der Waals surface area contributed by atoms with Crippen LogP contribution >= 0.6 is 11.3 Å². The van der Waals surface area contributed by atoms with Gasteiger partial charge in [0.15, 0.2) is 22.9 Å². The van der Waals surface area contributed by atoms with Crippen LogP contribution in [0.5, 0.6) is 5.88 Å². The second kappa shape index (κ2) is 11.4. The molecule has 1 spiro atoms. The molecule has 4 aliphatic rings. The molecule has 0 saturated carbocycles. The van der Waals surface area contributed by atoms with Crippen LogP contribution in [-0.4, -0.2) is 67.6 Å². The Morgan fingerprint density at radius 3 is 2.82 bits per heavy atom. The van der Waals surface area contributed by atoms with Crippen LogP contribution in [0.4, 0.5) is 16.6 Å². The number of aromatic nitrogens is 6. The maximum absolute atomic E-state index is 10.2. The van der Waals surface area contributed by atoms with Crippen molar-refractivity contribution >= 4 is 39.0 Å². The van der Waals surface area contributed by atoms with Gasteiger partial charge in [-0.05, 0) is 83.5 Å². The highest BCUT2D eigenvalue weighted by Crippen LogP contribution is 2.55. The van der Waals surface area contributed by atoms with E-state index in [0.717, 1.165) is 91.6 Å². The first-order chi connectivity index (χ1) is 23.9. The summed E-state index contributed by atoms with van der Waals surface area (Å²) in [6.45, 7) is 4.79. The van der Waals surface area contributed by atoms with Crippen LogP contribution in [0.25, 0.3) is 22.6 Å². The molecule has 0 radical (unpaired) electrons. The van der Waals surface area contributed by atoms with Crippen molar-refractivity contribution in [1.29, 1.82) is 5.26 Å². The molecule has 0 aromatic carbocycles. The van der Waals surface area contributed by atoms with Gasteiger partial charge in [0, 0.05) is 34.8 Å². The Bertz CT molecular complexity index is 2140. The fourth-order valence-corrected chi connectivity index (χ4v) is 10.1. The van der Waals surface area contributed by atoms with Crippen molar-refractivity contribution in [3.05, 3.63) is 51.2 Å². The van der Waals surface area contributed by atoms with E-state index in [-0.39, 0.29) is 6.04 Å². The molecule has 7 heterocycles. The number of fused-ring (bicyclic) bond motifs is 4. The Morgan fingerprint density at radius 1 is 1.16 bits per heavy atom. The normalized spacial score (nSPS) is 22.5. The zero-order valence-corrected chi connectivity index (χ0v) is 28.6. The van der Waals surface area contributed by atoms with Crippen LogP contribution in [0.3, 0.4) is 0 Å². The molecule has 9 rings (SSSR count). The van der Waals surface area contributed by atoms with Gasteiger partial charge in [-0.3, -0.25) is 0 Å². The standard InChI is InChI=1S/C35H39N11O2S/c1-19(23-9-6-14-44(23)2)46-33-25-32(45(15-16-47-34(25)42-46)18-20-7-5-13-39-29(20)37)40-31(41-33)27-21-8-3-11-35(28(21)48-43-27)12-4-10-24-26(35)22(17-36)30(38)49-24/h5,7,13,19,23H,3-4,6,8-12,14-16,18,38H2,1-2H3,(H2,37,39). The lowest BCUT2D eigenvalue weighted by molar-refractivity contribution is 0.227. The molecular formula is C35H39N11O2S. The molecule has 49 heavy (non-hydrogen) atoms. The molecular weight excluding hydrogens is 639 g/mol. The van der Waals surface area contributed by atoms with E-state index in [9.17, 15) is 5.26 Å². The summed E-state index contributed by atoms with van der Waals surface area (Å²) in [6, 6.07) is 6.68. The third kappa shape index (κ3) is 4.55. The molecule has 1 saturated heterocycles. The number of ether oxygens (including phenoxy) is 1. The summed E-state index contributed by atoms with van der Waals surface area (Å²) in [4.78, 5) is 20.6. The van der Waals surface area contributed by atoms with Gasteiger partial charge in [-0.1, -0.05) is 11.2 Å². The molecule has 14 heteroatoms. The van der Waals surface area contributed by atoms with Crippen LogP contribution in [0.2, 0.25) is 0 Å². The average molecular weight is 678 g/mol. The number of hydrogen-bond acceptors (Lipinski definition) is 13. The lowest BCUT2D eigenvalue weighted by Gasteiger charge is -2.39. The highest BCUT2D eigenvalue weighted by Gasteiger charge is 2.49. The van der Waals surface area contributed by atoms with Gasteiger partial charge in [-0.25, -0.2) is 19.6 Å². The number of likely N-dealkylation sites (tertiary alicyclic amines) is 1. The average Bonchev–Trinajstić information content (AvgIpc) is 3.87. The first-order valence-corrected chi connectivity index (χ1v) is 18.1. The Balaban J connectivity index is 1.23. The fourth-order valence-electron chi connectivity index (χ4n) is 8.94. The van der Waals surface area contributed by atoms with Crippen LogP contribution in [0.1, 0.15) is 84.4 Å². The number of pyridine rings is 1. The zero-order chi connectivity index (χ0) is 33.4.